The predicted molar refractivity (Wildman–Crippen MR) is 120 cm³/mol. The Balaban J connectivity index is 1.56. The Labute approximate surface area is 198 Å². The number of ether oxygens (including phenoxy) is 2. The number of rotatable bonds is 5. The maximum atomic E-state index is 13.7. The fraction of sp³-hybridized carbons (Fsp3) is 0.810. The highest BCUT2D eigenvalue weighted by molar-refractivity contribution is 7.88. The maximum absolute atomic E-state index is 13.7. The summed E-state index contributed by atoms with van der Waals surface area (Å²) in [6.07, 6.45) is 0.964. The molecule has 4 rings (SSSR count). The normalized spacial score (nSPS) is 24.4. The zero-order chi connectivity index (χ0) is 24.6. The molecule has 2 saturated heterocycles. The van der Waals surface area contributed by atoms with Gasteiger partial charge in [-0.15, -0.1) is 0 Å². The van der Waals surface area contributed by atoms with Gasteiger partial charge < -0.3 is 19.3 Å². The molecule has 1 atom stereocenters. The van der Waals surface area contributed by atoms with Gasteiger partial charge in [0.25, 0.3) is 0 Å². The summed E-state index contributed by atoms with van der Waals surface area (Å²) in [5, 5.41) is 0. The molecule has 0 N–H and O–H groups in total. The molecular formula is C21H32F3N5O4S. The molecule has 3 heterocycles. The van der Waals surface area contributed by atoms with Crippen LogP contribution in [0.1, 0.15) is 37.9 Å². The molecule has 9 nitrogen and oxygen atoms in total. The molecule has 2 aliphatic heterocycles. The van der Waals surface area contributed by atoms with Crippen molar-refractivity contribution in [3.05, 3.63) is 11.9 Å². The molecule has 1 unspecified atom stereocenters. The van der Waals surface area contributed by atoms with Crippen molar-refractivity contribution in [3.8, 4) is 0 Å². The van der Waals surface area contributed by atoms with Gasteiger partial charge in [-0.2, -0.15) is 17.5 Å². The molecular weight excluding hydrogens is 475 g/mol. The van der Waals surface area contributed by atoms with E-state index in [-0.39, 0.29) is 43.5 Å². The zero-order valence-electron chi connectivity index (χ0n) is 19.6. The molecule has 0 amide bonds. The third kappa shape index (κ3) is 5.92. The van der Waals surface area contributed by atoms with Gasteiger partial charge in [-0.25, -0.2) is 18.4 Å². The van der Waals surface area contributed by atoms with Crippen LogP contribution in [0.2, 0.25) is 0 Å². The minimum atomic E-state index is -4.70. The van der Waals surface area contributed by atoms with Gasteiger partial charge in [-0.05, 0) is 12.8 Å². The van der Waals surface area contributed by atoms with Crippen molar-refractivity contribution in [2.75, 3.05) is 69.0 Å². The summed E-state index contributed by atoms with van der Waals surface area (Å²) in [4.78, 5) is 11.1. The number of morpholine rings is 2. The molecule has 3 aliphatic rings. The lowest BCUT2D eigenvalue weighted by Gasteiger charge is -2.45. The van der Waals surface area contributed by atoms with Crippen LogP contribution < -0.4 is 9.80 Å². The van der Waals surface area contributed by atoms with Crippen LogP contribution in [0.4, 0.5) is 24.8 Å². The van der Waals surface area contributed by atoms with Crippen molar-refractivity contribution in [2.24, 2.45) is 0 Å². The average Bonchev–Trinajstić information content (AvgIpc) is 2.78. The minimum absolute atomic E-state index is 0.113. The highest BCUT2D eigenvalue weighted by atomic mass is 32.2. The van der Waals surface area contributed by atoms with Gasteiger partial charge in [-0.1, -0.05) is 19.3 Å². The molecule has 13 heteroatoms. The molecule has 1 aromatic rings. The molecule has 1 spiro atoms. The molecule has 1 aliphatic carbocycles. The SMILES string of the molecule is CN(CC1CN(S(C)(=O)=O)CCO1)c1cc(N2CCOC3(CCCCC3)C2)nc(C(F)(F)F)n1. The van der Waals surface area contributed by atoms with Crippen molar-refractivity contribution in [1.29, 1.82) is 0 Å². The Hall–Kier alpha value is -1.70. The van der Waals surface area contributed by atoms with Crippen LogP contribution in [0.25, 0.3) is 0 Å². The second kappa shape index (κ2) is 9.75. The third-order valence-corrected chi connectivity index (χ3v) is 8.00. The Morgan fingerprint density at radius 3 is 2.59 bits per heavy atom. The summed E-state index contributed by atoms with van der Waals surface area (Å²) in [5.41, 5.74) is -0.336. The molecule has 0 radical (unpaired) electrons. The van der Waals surface area contributed by atoms with Crippen LogP contribution in [0.15, 0.2) is 6.07 Å². The highest BCUT2D eigenvalue weighted by Crippen LogP contribution is 2.37. The van der Waals surface area contributed by atoms with Crippen LogP contribution >= 0.6 is 0 Å². The maximum Gasteiger partial charge on any atom is 0.451 e. The molecule has 1 aromatic heterocycles. The number of sulfonamides is 1. The molecule has 34 heavy (non-hydrogen) atoms. The van der Waals surface area contributed by atoms with Crippen LogP contribution in [-0.4, -0.2) is 93.6 Å². The number of anilines is 2. The minimum Gasteiger partial charge on any atom is -0.374 e. The van der Waals surface area contributed by atoms with Crippen molar-refractivity contribution in [1.82, 2.24) is 14.3 Å². The largest absolute Gasteiger partial charge is 0.451 e. The smallest absolute Gasteiger partial charge is 0.374 e. The van der Waals surface area contributed by atoms with E-state index in [0.717, 1.165) is 38.4 Å². The Morgan fingerprint density at radius 2 is 1.91 bits per heavy atom. The quantitative estimate of drug-likeness (QED) is 0.599. The first-order valence-corrected chi connectivity index (χ1v) is 13.4. The van der Waals surface area contributed by atoms with E-state index in [9.17, 15) is 21.6 Å². The Kier molecular flexibility index (Phi) is 7.28. The monoisotopic (exact) mass is 507 g/mol. The van der Waals surface area contributed by atoms with Gasteiger partial charge >= 0.3 is 6.18 Å². The molecule has 0 aromatic carbocycles. The Bertz CT molecular complexity index is 966. The standard InChI is InChI=1S/C21H32F3N5O4S/c1-27(13-16-14-29(9-10-32-16)34(2,30)31)17-12-18(26-19(25-17)21(22,23)24)28-8-11-33-20(15-28)6-4-3-5-7-20/h12,16H,3-11,13-15H2,1-2H3. The molecule has 3 fully saturated rings. The van der Waals surface area contributed by atoms with Gasteiger partial charge in [0, 0.05) is 45.8 Å². The van der Waals surface area contributed by atoms with E-state index in [2.05, 4.69) is 9.97 Å². The van der Waals surface area contributed by atoms with Crippen molar-refractivity contribution >= 4 is 21.7 Å². The first-order valence-electron chi connectivity index (χ1n) is 11.6. The number of nitrogens with zero attached hydrogens (tertiary/aromatic N) is 5. The predicted octanol–water partition coefficient (Wildman–Crippen LogP) is 2.13. The van der Waals surface area contributed by atoms with Crippen LogP contribution in [0, 0.1) is 0 Å². The van der Waals surface area contributed by atoms with E-state index in [1.807, 2.05) is 4.90 Å². The molecule has 0 bridgehead atoms. The van der Waals surface area contributed by atoms with E-state index in [1.165, 1.54) is 4.31 Å². The third-order valence-electron chi connectivity index (χ3n) is 6.73. The van der Waals surface area contributed by atoms with Crippen LogP contribution in [0.3, 0.4) is 0 Å². The first kappa shape index (κ1) is 25.4. The lowest BCUT2D eigenvalue weighted by molar-refractivity contribution is -0.144. The van der Waals surface area contributed by atoms with E-state index >= 15 is 0 Å². The summed E-state index contributed by atoms with van der Waals surface area (Å²) < 4.78 is 77.9. The molecule has 192 valence electrons. The number of hydrogen-bond donors (Lipinski definition) is 0. The van der Waals surface area contributed by atoms with Crippen molar-refractivity contribution in [3.63, 3.8) is 0 Å². The van der Waals surface area contributed by atoms with E-state index < -0.39 is 28.1 Å². The topological polar surface area (TPSA) is 88.1 Å². The average molecular weight is 508 g/mol. The van der Waals surface area contributed by atoms with E-state index in [0.29, 0.717) is 19.7 Å². The van der Waals surface area contributed by atoms with Gasteiger partial charge in [-0.3, -0.25) is 0 Å². The first-order chi connectivity index (χ1) is 16.0. The van der Waals surface area contributed by atoms with Crippen LogP contribution in [-0.2, 0) is 25.7 Å². The van der Waals surface area contributed by atoms with Gasteiger partial charge in [0.05, 0.1) is 31.2 Å². The van der Waals surface area contributed by atoms with Gasteiger partial charge in [0.1, 0.15) is 11.6 Å². The fourth-order valence-electron chi connectivity index (χ4n) is 4.95. The summed E-state index contributed by atoms with van der Waals surface area (Å²) in [5.74, 6) is -0.861. The number of hydrogen-bond acceptors (Lipinski definition) is 8. The van der Waals surface area contributed by atoms with E-state index in [1.54, 1.807) is 18.0 Å². The molecule has 1 saturated carbocycles. The fourth-order valence-corrected chi connectivity index (χ4v) is 5.79. The van der Waals surface area contributed by atoms with Gasteiger partial charge in [0.2, 0.25) is 15.8 Å². The van der Waals surface area contributed by atoms with Crippen molar-refractivity contribution in [2.45, 2.75) is 50.0 Å². The highest BCUT2D eigenvalue weighted by Gasteiger charge is 2.40. The second-order valence-electron chi connectivity index (χ2n) is 9.41. The number of likely N-dealkylation sites (N-methyl/N-ethyl adjacent to an activating group) is 1. The lowest BCUT2D eigenvalue weighted by atomic mass is 9.83. The van der Waals surface area contributed by atoms with E-state index in [4.69, 9.17) is 9.47 Å². The number of halogens is 3. The second-order valence-corrected chi connectivity index (χ2v) is 11.4. The zero-order valence-corrected chi connectivity index (χ0v) is 20.4. The summed E-state index contributed by atoms with van der Waals surface area (Å²) in [7, 11) is -1.76. The lowest BCUT2D eigenvalue weighted by Crippen LogP contribution is -2.53. The summed E-state index contributed by atoms with van der Waals surface area (Å²) in [6, 6.07) is 1.56. The number of aromatic nitrogens is 2. The summed E-state index contributed by atoms with van der Waals surface area (Å²) in [6.45, 7) is 2.20. The Morgan fingerprint density at radius 1 is 1.18 bits per heavy atom. The summed E-state index contributed by atoms with van der Waals surface area (Å²) >= 11 is 0. The van der Waals surface area contributed by atoms with Crippen molar-refractivity contribution < 1.29 is 31.1 Å². The number of alkyl halides is 3. The van der Waals surface area contributed by atoms with Gasteiger partial charge in [0.15, 0.2) is 0 Å². The van der Waals surface area contributed by atoms with Crippen LogP contribution in [0.5, 0.6) is 0 Å².